The molecule has 6 heteroatoms. The lowest BCUT2D eigenvalue weighted by atomic mass is 9.96. The van der Waals surface area contributed by atoms with Crippen molar-refractivity contribution in [3.63, 3.8) is 0 Å². The quantitative estimate of drug-likeness (QED) is 0.644. The molecule has 0 atom stereocenters. The highest BCUT2D eigenvalue weighted by atomic mass is 16.6. The van der Waals surface area contributed by atoms with Gasteiger partial charge in [-0.1, -0.05) is 6.07 Å². The number of piperidine rings is 1. The number of ether oxygens (including phenoxy) is 1. The molecule has 0 bridgehead atoms. The maximum Gasteiger partial charge on any atom is 0.333 e. The van der Waals surface area contributed by atoms with Crippen molar-refractivity contribution in [2.45, 2.75) is 19.8 Å². The van der Waals surface area contributed by atoms with Crippen LogP contribution in [0.4, 0.5) is 11.4 Å². The summed E-state index contributed by atoms with van der Waals surface area (Å²) in [5, 5.41) is 14.6. The smallest absolute Gasteiger partial charge is 0.333 e. The molecule has 0 spiro atoms. The van der Waals surface area contributed by atoms with E-state index < -0.39 is 0 Å². The number of hydrogen-bond acceptors (Lipinski definition) is 5. The van der Waals surface area contributed by atoms with Gasteiger partial charge in [0.1, 0.15) is 5.69 Å². The molecule has 1 N–H and O–H groups in total. The molecule has 1 aliphatic heterocycles. The van der Waals surface area contributed by atoms with Crippen molar-refractivity contribution >= 4 is 11.4 Å². The molecule has 0 unspecified atom stereocenters. The minimum absolute atomic E-state index is 0.0893. The Morgan fingerprint density at radius 3 is 2.71 bits per heavy atom. The molecule has 1 aromatic rings. The fourth-order valence-electron chi connectivity index (χ4n) is 2.89. The Bertz CT molecular complexity index is 485. The summed E-state index contributed by atoms with van der Waals surface area (Å²) in [6.07, 6.45) is 2.10. The van der Waals surface area contributed by atoms with Gasteiger partial charge in [0.05, 0.1) is 11.5 Å². The van der Waals surface area contributed by atoms with Gasteiger partial charge in [0.15, 0.2) is 5.75 Å². The summed E-state index contributed by atoms with van der Waals surface area (Å²) in [6.45, 7) is 4.97. The first-order chi connectivity index (χ1) is 10.2. The minimum Gasteiger partial charge on any atom is -0.487 e. The van der Waals surface area contributed by atoms with Gasteiger partial charge in [0, 0.05) is 13.1 Å². The van der Waals surface area contributed by atoms with Crippen LogP contribution in [0.1, 0.15) is 19.8 Å². The zero-order valence-electron chi connectivity index (χ0n) is 12.7. The van der Waals surface area contributed by atoms with E-state index in [0.29, 0.717) is 24.0 Å². The van der Waals surface area contributed by atoms with Gasteiger partial charge in [-0.2, -0.15) is 0 Å². The molecule has 0 aliphatic carbocycles. The molecule has 1 fully saturated rings. The molecular formula is C15H23N3O3. The summed E-state index contributed by atoms with van der Waals surface area (Å²) in [7, 11) is 1.96. The van der Waals surface area contributed by atoms with Crippen LogP contribution >= 0.6 is 0 Å². The molecule has 1 saturated heterocycles. The molecule has 0 aromatic heterocycles. The van der Waals surface area contributed by atoms with E-state index >= 15 is 0 Å². The van der Waals surface area contributed by atoms with Crippen molar-refractivity contribution in [1.29, 1.82) is 0 Å². The third-order valence-corrected chi connectivity index (χ3v) is 3.91. The Morgan fingerprint density at radius 1 is 1.43 bits per heavy atom. The van der Waals surface area contributed by atoms with Gasteiger partial charge in [0.25, 0.3) is 0 Å². The van der Waals surface area contributed by atoms with Crippen molar-refractivity contribution in [3.05, 3.63) is 28.3 Å². The largest absolute Gasteiger partial charge is 0.487 e. The van der Waals surface area contributed by atoms with Crippen LogP contribution in [0.2, 0.25) is 0 Å². The van der Waals surface area contributed by atoms with Crippen molar-refractivity contribution < 1.29 is 9.66 Å². The van der Waals surface area contributed by atoms with E-state index in [2.05, 4.69) is 10.2 Å². The van der Waals surface area contributed by atoms with Crippen molar-refractivity contribution in [1.82, 2.24) is 5.32 Å². The first-order valence-electron chi connectivity index (χ1n) is 7.47. The molecular weight excluding hydrogens is 270 g/mol. The highest BCUT2D eigenvalue weighted by Gasteiger charge is 2.27. The van der Waals surface area contributed by atoms with E-state index in [1.165, 1.54) is 0 Å². The molecule has 0 amide bonds. The molecule has 1 aliphatic rings. The Morgan fingerprint density at radius 2 is 2.14 bits per heavy atom. The lowest BCUT2D eigenvalue weighted by Gasteiger charge is -2.33. The SMILES string of the molecule is CCOc1cccc(N2CCC(CNC)CC2)c1[N+](=O)[O-]. The second-order valence-electron chi connectivity index (χ2n) is 5.30. The molecule has 21 heavy (non-hydrogen) atoms. The molecule has 6 nitrogen and oxygen atoms in total. The van der Waals surface area contributed by atoms with Crippen molar-refractivity contribution in [2.24, 2.45) is 5.92 Å². The van der Waals surface area contributed by atoms with Gasteiger partial charge >= 0.3 is 5.69 Å². The number of nitrogens with zero attached hydrogens (tertiary/aromatic N) is 2. The minimum atomic E-state index is -0.333. The van der Waals surface area contributed by atoms with E-state index in [9.17, 15) is 10.1 Å². The number of nitro benzene ring substituents is 1. The van der Waals surface area contributed by atoms with Crippen molar-refractivity contribution in [2.75, 3.05) is 38.2 Å². The summed E-state index contributed by atoms with van der Waals surface area (Å²) >= 11 is 0. The third kappa shape index (κ3) is 3.64. The summed E-state index contributed by atoms with van der Waals surface area (Å²) < 4.78 is 5.41. The molecule has 1 aromatic carbocycles. The van der Waals surface area contributed by atoms with Crippen LogP contribution in [0.5, 0.6) is 5.75 Å². The lowest BCUT2D eigenvalue weighted by molar-refractivity contribution is -0.385. The number of hydrogen-bond donors (Lipinski definition) is 1. The van der Waals surface area contributed by atoms with Gasteiger partial charge in [-0.25, -0.2) is 0 Å². The Hall–Kier alpha value is -1.82. The summed E-state index contributed by atoms with van der Waals surface area (Å²) in [5.41, 5.74) is 0.764. The second kappa shape index (κ2) is 7.26. The van der Waals surface area contributed by atoms with Crippen LogP contribution in [0.3, 0.4) is 0 Å². The van der Waals surface area contributed by atoms with Crippen LogP contribution < -0.4 is 15.0 Å². The zero-order chi connectivity index (χ0) is 15.2. The second-order valence-corrected chi connectivity index (χ2v) is 5.30. The Kier molecular flexibility index (Phi) is 5.38. The van der Waals surface area contributed by atoms with Crippen LogP contribution in [0, 0.1) is 16.0 Å². The average molecular weight is 293 g/mol. The highest BCUT2D eigenvalue weighted by Crippen LogP contribution is 2.38. The Balaban J connectivity index is 2.20. The predicted octanol–water partition coefficient (Wildman–Crippen LogP) is 2.43. The third-order valence-electron chi connectivity index (χ3n) is 3.91. The fraction of sp³-hybridized carbons (Fsp3) is 0.600. The first kappa shape index (κ1) is 15.6. The van der Waals surface area contributed by atoms with Crippen LogP contribution in [-0.2, 0) is 0 Å². The number of nitro groups is 1. The summed E-state index contributed by atoms with van der Waals surface area (Å²) in [6, 6.07) is 5.31. The summed E-state index contributed by atoms with van der Waals surface area (Å²) in [5.74, 6) is 1.01. The van der Waals surface area contributed by atoms with Crippen LogP contribution in [0.15, 0.2) is 18.2 Å². The maximum atomic E-state index is 11.4. The van der Waals surface area contributed by atoms with Gasteiger partial charge in [-0.15, -0.1) is 0 Å². The van der Waals surface area contributed by atoms with E-state index in [-0.39, 0.29) is 10.6 Å². The molecule has 0 radical (unpaired) electrons. The molecule has 116 valence electrons. The van der Waals surface area contributed by atoms with E-state index in [4.69, 9.17) is 4.74 Å². The molecule has 1 heterocycles. The summed E-state index contributed by atoms with van der Waals surface area (Å²) in [4.78, 5) is 13.2. The fourth-order valence-corrected chi connectivity index (χ4v) is 2.89. The number of benzene rings is 1. The maximum absolute atomic E-state index is 11.4. The number of para-hydroxylation sites is 1. The van der Waals surface area contributed by atoms with E-state index in [1.54, 1.807) is 6.07 Å². The van der Waals surface area contributed by atoms with E-state index in [1.807, 2.05) is 26.1 Å². The number of nitrogens with one attached hydrogen (secondary N) is 1. The highest BCUT2D eigenvalue weighted by molar-refractivity contribution is 5.70. The topological polar surface area (TPSA) is 67.6 Å². The van der Waals surface area contributed by atoms with Crippen LogP contribution in [0.25, 0.3) is 0 Å². The van der Waals surface area contributed by atoms with Gasteiger partial charge in [-0.05, 0) is 51.4 Å². The number of rotatable bonds is 6. The van der Waals surface area contributed by atoms with Crippen LogP contribution in [-0.4, -0.2) is 38.2 Å². The predicted molar refractivity (Wildman–Crippen MR) is 83.1 cm³/mol. The van der Waals surface area contributed by atoms with Gasteiger partial charge in [-0.3, -0.25) is 10.1 Å². The van der Waals surface area contributed by atoms with Gasteiger partial charge in [0.2, 0.25) is 0 Å². The van der Waals surface area contributed by atoms with E-state index in [0.717, 1.165) is 32.5 Å². The average Bonchev–Trinajstić information content (AvgIpc) is 2.48. The van der Waals surface area contributed by atoms with Crippen molar-refractivity contribution in [3.8, 4) is 5.75 Å². The normalized spacial score (nSPS) is 16.0. The molecule has 2 rings (SSSR count). The monoisotopic (exact) mass is 293 g/mol. The number of anilines is 1. The zero-order valence-corrected chi connectivity index (χ0v) is 12.7. The standard InChI is InChI=1S/C15H23N3O3/c1-3-21-14-6-4-5-13(15(14)18(19)20)17-9-7-12(8-10-17)11-16-2/h4-6,12,16H,3,7-11H2,1-2H3. The lowest BCUT2D eigenvalue weighted by Crippen LogP contribution is -2.37. The molecule has 0 saturated carbocycles. The Labute approximate surface area is 125 Å². The van der Waals surface area contributed by atoms with Gasteiger partial charge < -0.3 is 15.0 Å². The first-order valence-corrected chi connectivity index (χ1v) is 7.47.